The molecule has 0 aromatic heterocycles. The Balaban J connectivity index is 1.33. The zero-order valence-corrected chi connectivity index (χ0v) is 21.2. The molecule has 0 spiro atoms. The number of carbonyl (C=O) groups is 1. The molecule has 1 N–H and O–H groups in total. The van der Waals surface area contributed by atoms with E-state index >= 15 is 0 Å². The van der Waals surface area contributed by atoms with Crippen molar-refractivity contribution in [2.75, 3.05) is 0 Å². The Labute approximate surface area is 204 Å². The number of benzene rings is 1. The minimum Gasteiger partial charge on any atom is -0.365 e. The first-order valence-corrected chi connectivity index (χ1v) is 13.1. The monoisotopic (exact) mass is 461 g/mol. The Bertz CT molecular complexity index is 1050. The van der Waals surface area contributed by atoms with Gasteiger partial charge in [0, 0.05) is 18.3 Å². The average molecular weight is 462 g/mol. The minimum atomic E-state index is -1.13. The van der Waals surface area contributed by atoms with Crippen LogP contribution in [0.25, 0.3) is 0 Å². The highest BCUT2D eigenvalue weighted by Crippen LogP contribution is 2.70. The lowest BCUT2D eigenvalue weighted by atomic mass is 9.45. The molecule has 1 aromatic carbocycles. The molecular formula is C30H39NO3. The van der Waals surface area contributed by atoms with Gasteiger partial charge in [0.2, 0.25) is 0 Å². The van der Waals surface area contributed by atoms with E-state index in [0.29, 0.717) is 48.5 Å². The first kappa shape index (κ1) is 23.8. The zero-order valence-electron chi connectivity index (χ0n) is 21.2. The van der Waals surface area contributed by atoms with Crippen LogP contribution in [0.4, 0.5) is 0 Å². The number of Topliss-reactive ketones (excluding diaryl/α,β-unsaturated/α-hetero) is 1. The summed E-state index contributed by atoms with van der Waals surface area (Å²) in [6.07, 6.45) is 10.2. The Hall–Kier alpha value is -1.96. The highest BCUT2D eigenvalue weighted by molar-refractivity contribution is 5.83. The van der Waals surface area contributed by atoms with Crippen molar-refractivity contribution in [3.8, 4) is 6.07 Å². The molecule has 7 unspecified atom stereocenters. The van der Waals surface area contributed by atoms with E-state index < -0.39 is 5.79 Å². The van der Waals surface area contributed by atoms with Crippen molar-refractivity contribution >= 4 is 5.78 Å². The third-order valence-electron chi connectivity index (χ3n) is 11.1. The maximum Gasteiger partial charge on any atom is 0.169 e. The van der Waals surface area contributed by atoms with Crippen molar-refractivity contribution < 1.29 is 14.6 Å². The fraction of sp³-hybridized carbons (Fsp3) is 0.667. The Morgan fingerprint density at radius 2 is 1.79 bits per heavy atom. The van der Waals surface area contributed by atoms with E-state index in [0.717, 1.165) is 31.2 Å². The number of nitrogens with zero attached hydrogens (tertiary/aromatic N) is 1. The largest absolute Gasteiger partial charge is 0.365 e. The summed E-state index contributed by atoms with van der Waals surface area (Å²) in [6.45, 7) is 9.22. The second-order valence-corrected chi connectivity index (χ2v) is 12.4. The van der Waals surface area contributed by atoms with Gasteiger partial charge in [0.15, 0.2) is 5.79 Å². The predicted molar refractivity (Wildman–Crippen MR) is 131 cm³/mol. The number of hydrogen-bond donors (Lipinski definition) is 1. The van der Waals surface area contributed by atoms with Crippen LogP contribution in [0.5, 0.6) is 0 Å². The number of nitriles is 1. The van der Waals surface area contributed by atoms with Crippen LogP contribution in [-0.2, 0) is 16.1 Å². The molecule has 0 bridgehead atoms. The van der Waals surface area contributed by atoms with Crippen LogP contribution in [0.2, 0.25) is 0 Å². The molecule has 182 valence electrons. The Morgan fingerprint density at radius 1 is 1.09 bits per heavy atom. The predicted octanol–water partition coefficient (Wildman–Crippen LogP) is 6.32. The number of carbonyl (C=O) groups excluding carboxylic acids is 1. The third kappa shape index (κ3) is 3.42. The molecule has 1 aromatic rings. The smallest absolute Gasteiger partial charge is 0.169 e. The summed E-state index contributed by atoms with van der Waals surface area (Å²) < 4.78 is 6.09. The second kappa shape index (κ2) is 8.04. The number of aliphatic hydroxyl groups is 1. The van der Waals surface area contributed by atoms with Crippen LogP contribution in [0.3, 0.4) is 0 Å². The maximum absolute atomic E-state index is 12.7. The van der Waals surface area contributed by atoms with Gasteiger partial charge in [0.05, 0.1) is 18.2 Å². The quantitative estimate of drug-likeness (QED) is 0.421. The fourth-order valence-electron chi connectivity index (χ4n) is 8.48. The lowest BCUT2D eigenvalue weighted by Crippen LogP contribution is -2.54. The molecule has 4 aliphatic carbocycles. The van der Waals surface area contributed by atoms with E-state index in [4.69, 9.17) is 10.00 Å². The topological polar surface area (TPSA) is 70.3 Å². The number of rotatable bonds is 4. The van der Waals surface area contributed by atoms with Crippen LogP contribution >= 0.6 is 0 Å². The normalized spacial score (nSPS) is 43.2. The van der Waals surface area contributed by atoms with E-state index in [-0.39, 0.29) is 16.2 Å². The molecule has 0 heterocycles. The molecule has 0 aliphatic heterocycles. The molecule has 0 saturated heterocycles. The van der Waals surface area contributed by atoms with Crippen LogP contribution in [0.1, 0.15) is 90.2 Å². The second-order valence-electron chi connectivity index (χ2n) is 12.4. The lowest BCUT2D eigenvalue weighted by molar-refractivity contribution is -0.231. The third-order valence-corrected chi connectivity index (χ3v) is 11.1. The standard InChI is InChI=1S/C30H39NO3/c1-20(32)28(3)13-12-26-24-10-9-23-17-30(33,34-19-22-7-5-21(18-31)6-8-22)16-15-27(23,2)25(24)11-14-29(26,28)4/h5-9,24-26,33H,10-17,19H2,1-4H3. The fourth-order valence-corrected chi connectivity index (χ4v) is 8.48. The van der Waals surface area contributed by atoms with Gasteiger partial charge in [-0.3, -0.25) is 4.79 Å². The molecule has 4 heteroatoms. The molecule has 5 rings (SSSR count). The minimum absolute atomic E-state index is 0.112. The van der Waals surface area contributed by atoms with Gasteiger partial charge in [0.25, 0.3) is 0 Å². The van der Waals surface area contributed by atoms with Gasteiger partial charge in [-0.2, -0.15) is 5.26 Å². The van der Waals surface area contributed by atoms with Gasteiger partial charge >= 0.3 is 0 Å². The molecule has 3 fully saturated rings. The van der Waals surface area contributed by atoms with E-state index in [1.807, 2.05) is 12.1 Å². The molecule has 7 atom stereocenters. The molecule has 0 amide bonds. The van der Waals surface area contributed by atoms with Crippen molar-refractivity contribution in [3.63, 3.8) is 0 Å². The van der Waals surface area contributed by atoms with Crippen LogP contribution < -0.4 is 0 Å². The number of allylic oxidation sites excluding steroid dienone is 1. The highest BCUT2D eigenvalue weighted by atomic mass is 16.6. The van der Waals surface area contributed by atoms with Gasteiger partial charge in [-0.05, 0) is 91.7 Å². The van der Waals surface area contributed by atoms with Gasteiger partial charge in [-0.15, -0.1) is 0 Å². The van der Waals surface area contributed by atoms with Gasteiger partial charge in [-0.1, -0.05) is 44.6 Å². The summed E-state index contributed by atoms with van der Waals surface area (Å²) >= 11 is 0. The molecule has 3 saturated carbocycles. The van der Waals surface area contributed by atoms with Gasteiger partial charge in [0.1, 0.15) is 5.78 Å². The zero-order chi connectivity index (χ0) is 24.4. The number of ketones is 1. The SMILES string of the molecule is CC(=O)C1(C)CCC2C3CC=C4CC(O)(OCc5ccc(C#N)cc5)CCC4(C)C3CCC21C. The van der Waals surface area contributed by atoms with Crippen molar-refractivity contribution in [2.45, 2.75) is 91.5 Å². The van der Waals surface area contributed by atoms with Crippen LogP contribution in [0.15, 0.2) is 35.9 Å². The summed E-state index contributed by atoms with van der Waals surface area (Å²) in [5, 5.41) is 20.3. The summed E-state index contributed by atoms with van der Waals surface area (Å²) in [5.74, 6) is 1.12. The van der Waals surface area contributed by atoms with Crippen LogP contribution in [-0.4, -0.2) is 16.7 Å². The number of ether oxygens (including phenoxy) is 1. The molecular weight excluding hydrogens is 422 g/mol. The summed E-state index contributed by atoms with van der Waals surface area (Å²) in [7, 11) is 0. The molecule has 4 nitrogen and oxygen atoms in total. The lowest BCUT2D eigenvalue weighted by Gasteiger charge is -2.60. The molecule has 4 aliphatic rings. The van der Waals surface area contributed by atoms with Crippen molar-refractivity contribution in [1.82, 2.24) is 0 Å². The van der Waals surface area contributed by atoms with Crippen molar-refractivity contribution in [1.29, 1.82) is 5.26 Å². The van der Waals surface area contributed by atoms with E-state index in [9.17, 15) is 9.90 Å². The number of hydrogen-bond acceptors (Lipinski definition) is 4. The van der Waals surface area contributed by atoms with E-state index in [2.05, 4.69) is 32.9 Å². The van der Waals surface area contributed by atoms with Gasteiger partial charge in [-0.25, -0.2) is 0 Å². The van der Waals surface area contributed by atoms with Crippen molar-refractivity contribution in [3.05, 3.63) is 47.0 Å². The maximum atomic E-state index is 12.7. The highest BCUT2D eigenvalue weighted by Gasteiger charge is 2.64. The number of fused-ring (bicyclic) bond motifs is 5. The van der Waals surface area contributed by atoms with Crippen LogP contribution in [0, 0.1) is 45.3 Å². The Kier molecular flexibility index (Phi) is 5.62. The summed E-state index contributed by atoms with van der Waals surface area (Å²) in [5.41, 5.74) is 3.02. The first-order valence-electron chi connectivity index (χ1n) is 13.1. The van der Waals surface area contributed by atoms with Gasteiger partial charge < -0.3 is 9.84 Å². The van der Waals surface area contributed by atoms with E-state index in [1.54, 1.807) is 19.1 Å². The summed E-state index contributed by atoms with van der Waals surface area (Å²) in [6, 6.07) is 9.52. The Morgan fingerprint density at radius 3 is 2.47 bits per heavy atom. The molecule has 0 radical (unpaired) electrons. The average Bonchev–Trinajstić information content (AvgIpc) is 3.11. The summed E-state index contributed by atoms with van der Waals surface area (Å²) in [4.78, 5) is 12.7. The first-order chi connectivity index (χ1) is 16.0. The van der Waals surface area contributed by atoms with Crippen molar-refractivity contribution in [2.24, 2.45) is 34.0 Å². The molecule has 34 heavy (non-hydrogen) atoms. The van der Waals surface area contributed by atoms with E-state index in [1.165, 1.54) is 18.4 Å².